The summed E-state index contributed by atoms with van der Waals surface area (Å²) in [4.78, 5) is 29.8. The van der Waals surface area contributed by atoms with Crippen LogP contribution in [0.4, 0.5) is 0 Å². The van der Waals surface area contributed by atoms with Crippen molar-refractivity contribution in [3.8, 4) is 23.0 Å². The Morgan fingerprint density at radius 1 is 0.905 bits per heavy atom. The number of carbonyl (C=O) groups excluding carboxylic acids is 1. The third kappa shape index (κ3) is 4.95. The summed E-state index contributed by atoms with van der Waals surface area (Å²) in [5.41, 5.74) is 4.06. The zero-order valence-corrected chi connectivity index (χ0v) is 24.5. The van der Waals surface area contributed by atoms with Gasteiger partial charge >= 0.3 is 0 Å². The molecule has 1 amide bonds. The average Bonchev–Trinajstić information content (AvgIpc) is 3.56. The molecule has 0 N–H and O–H groups in total. The molecule has 42 heavy (non-hydrogen) atoms. The predicted octanol–water partition coefficient (Wildman–Crippen LogP) is 6.85. The largest absolute Gasteiger partial charge is 0.493 e. The Hall–Kier alpha value is -4.46. The molecule has 0 bridgehead atoms. The van der Waals surface area contributed by atoms with E-state index in [2.05, 4.69) is 6.92 Å². The standard InChI is InChI=1S/C34H35NO7/c1-5-6-7-8-13-39-25-12-10-23(17-28(25)38-4)31-30-32(36)24-14-20(2)21(3)15-27(24)42-33(30)34(37)35(31)18-22-9-11-26-29(16-22)41-19-40-26/h9-12,14-17,31H,5-8,13,18-19H2,1-4H3. The van der Waals surface area contributed by atoms with Crippen LogP contribution in [-0.4, -0.2) is 31.3 Å². The smallest absolute Gasteiger partial charge is 0.291 e. The summed E-state index contributed by atoms with van der Waals surface area (Å²) in [6.07, 6.45) is 4.39. The molecule has 4 aromatic rings. The van der Waals surface area contributed by atoms with Crippen LogP contribution in [0.5, 0.6) is 23.0 Å². The molecule has 0 fully saturated rings. The molecule has 1 aromatic heterocycles. The summed E-state index contributed by atoms with van der Waals surface area (Å²) >= 11 is 0. The number of aryl methyl sites for hydroxylation is 2. The van der Waals surface area contributed by atoms with Gasteiger partial charge in [-0.1, -0.05) is 38.3 Å². The first-order chi connectivity index (χ1) is 20.4. The van der Waals surface area contributed by atoms with Gasteiger partial charge in [0, 0.05) is 6.54 Å². The van der Waals surface area contributed by atoms with Crippen molar-refractivity contribution in [1.29, 1.82) is 0 Å². The van der Waals surface area contributed by atoms with Gasteiger partial charge in [0.1, 0.15) is 5.58 Å². The Kier molecular flexibility index (Phi) is 7.54. The van der Waals surface area contributed by atoms with E-state index in [0.29, 0.717) is 46.1 Å². The Morgan fingerprint density at radius 2 is 1.71 bits per heavy atom. The zero-order chi connectivity index (χ0) is 29.4. The summed E-state index contributed by atoms with van der Waals surface area (Å²) in [5.74, 6) is 2.18. The van der Waals surface area contributed by atoms with Gasteiger partial charge < -0.3 is 28.3 Å². The predicted molar refractivity (Wildman–Crippen MR) is 159 cm³/mol. The maximum absolute atomic E-state index is 14.1. The summed E-state index contributed by atoms with van der Waals surface area (Å²) in [6, 6.07) is 14.2. The number of carbonyl (C=O) groups is 1. The van der Waals surface area contributed by atoms with Crippen LogP contribution in [-0.2, 0) is 6.54 Å². The highest BCUT2D eigenvalue weighted by molar-refractivity contribution is 5.99. The molecule has 1 unspecified atom stereocenters. The maximum Gasteiger partial charge on any atom is 0.291 e. The van der Waals surface area contributed by atoms with Crippen molar-refractivity contribution in [3.05, 3.63) is 92.3 Å². The van der Waals surface area contributed by atoms with Crippen LogP contribution in [0.15, 0.2) is 57.7 Å². The van der Waals surface area contributed by atoms with Gasteiger partial charge in [0.05, 0.1) is 30.7 Å². The summed E-state index contributed by atoms with van der Waals surface area (Å²) < 4.78 is 29.0. The fraction of sp³-hybridized carbons (Fsp3) is 0.353. The van der Waals surface area contributed by atoms with Crippen molar-refractivity contribution in [1.82, 2.24) is 4.90 Å². The van der Waals surface area contributed by atoms with Crippen molar-refractivity contribution in [3.63, 3.8) is 0 Å². The van der Waals surface area contributed by atoms with Gasteiger partial charge in [-0.25, -0.2) is 0 Å². The third-order valence-corrected chi connectivity index (χ3v) is 8.13. The first-order valence-corrected chi connectivity index (χ1v) is 14.5. The molecule has 2 aliphatic rings. The molecule has 3 heterocycles. The highest BCUT2D eigenvalue weighted by atomic mass is 16.7. The molecule has 218 valence electrons. The Bertz CT molecular complexity index is 1720. The third-order valence-electron chi connectivity index (χ3n) is 8.13. The average molecular weight is 570 g/mol. The fourth-order valence-corrected chi connectivity index (χ4v) is 5.71. The number of hydrogen-bond acceptors (Lipinski definition) is 7. The van der Waals surface area contributed by atoms with E-state index >= 15 is 0 Å². The molecule has 0 saturated heterocycles. The molecule has 2 aliphatic heterocycles. The Labute approximate surface area is 244 Å². The van der Waals surface area contributed by atoms with Gasteiger partial charge in [0.15, 0.2) is 28.4 Å². The van der Waals surface area contributed by atoms with Crippen molar-refractivity contribution in [2.24, 2.45) is 0 Å². The van der Waals surface area contributed by atoms with Crippen molar-refractivity contribution in [2.45, 2.75) is 59.0 Å². The minimum atomic E-state index is -0.687. The normalized spacial score (nSPS) is 15.4. The van der Waals surface area contributed by atoms with Crippen LogP contribution in [0.2, 0.25) is 0 Å². The zero-order valence-electron chi connectivity index (χ0n) is 24.5. The van der Waals surface area contributed by atoms with Gasteiger partial charge in [0.2, 0.25) is 12.6 Å². The lowest BCUT2D eigenvalue weighted by molar-refractivity contribution is 0.0714. The SMILES string of the molecule is CCCCCCOc1ccc(C2c3c(oc4cc(C)c(C)cc4c3=O)C(=O)N2Cc2ccc3c(c2)OCO3)cc1OC. The lowest BCUT2D eigenvalue weighted by Crippen LogP contribution is -2.29. The number of amides is 1. The van der Waals surface area contributed by atoms with Gasteiger partial charge in [-0.15, -0.1) is 0 Å². The van der Waals surface area contributed by atoms with Crippen molar-refractivity contribution in [2.75, 3.05) is 20.5 Å². The number of methoxy groups -OCH3 is 1. The molecule has 0 radical (unpaired) electrons. The van der Waals surface area contributed by atoms with Gasteiger partial charge in [-0.2, -0.15) is 0 Å². The Morgan fingerprint density at radius 3 is 2.52 bits per heavy atom. The molecular weight excluding hydrogens is 534 g/mol. The molecular formula is C34H35NO7. The highest BCUT2D eigenvalue weighted by Crippen LogP contribution is 2.43. The van der Waals surface area contributed by atoms with Crippen molar-refractivity contribution >= 4 is 16.9 Å². The number of hydrogen-bond donors (Lipinski definition) is 0. The second kappa shape index (κ2) is 11.4. The van der Waals surface area contributed by atoms with E-state index in [4.69, 9.17) is 23.4 Å². The maximum atomic E-state index is 14.1. The lowest BCUT2D eigenvalue weighted by Gasteiger charge is -2.26. The van der Waals surface area contributed by atoms with Crippen LogP contribution >= 0.6 is 0 Å². The number of unbranched alkanes of at least 4 members (excludes halogenated alkanes) is 3. The van der Waals surface area contributed by atoms with E-state index in [1.165, 1.54) is 6.42 Å². The van der Waals surface area contributed by atoms with Gasteiger partial charge in [-0.05, 0) is 78.9 Å². The molecule has 0 spiro atoms. The molecule has 6 rings (SSSR count). The fourth-order valence-electron chi connectivity index (χ4n) is 5.71. The quantitative estimate of drug-likeness (QED) is 0.193. The number of rotatable bonds is 10. The van der Waals surface area contributed by atoms with E-state index in [0.717, 1.165) is 41.5 Å². The minimum absolute atomic E-state index is 0.0664. The Balaban J connectivity index is 1.43. The highest BCUT2D eigenvalue weighted by Gasteiger charge is 2.43. The monoisotopic (exact) mass is 569 g/mol. The summed E-state index contributed by atoms with van der Waals surface area (Å²) in [6.45, 7) is 7.07. The van der Waals surface area contributed by atoms with Crippen LogP contribution in [0.25, 0.3) is 11.0 Å². The molecule has 1 atom stereocenters. The van der Waals surface area contributed by atoms with E-state index < -0.39 is 6.04 Å². The van der Waals surface area contributed by atoms with E-state index in [1.54, 1.807) is 12.0 Å². The number of benzene rings is 3. The molecule has 3 aromatic carbocycles. The van der Waals surface area contributed by atoms with E-state index in [9.17, 15) is 9.59 Å². The van der Waals surface area contributed by atoms with Crippen LogP contribution in [0.3, 0.4) is 0 Å². The van der Waals surface area contributed by atoms with E-state index in [-0.39, 0.29) is 30.4 Å². The van der Waals surface area contributed by atoms with Crippen LogP contribution in [0.1, 0.15) is 77.0 Å². The lowest BCUT2D eigenvalue weighted by atomic mass is 9.97. The second-order valence-corrected chi connectivity index (χ2v) is 10.9. The first kappa shape index (κ1) is 27.7. The topological polar surface area (TPSA) is 87.4 Å². The van der Waals surface area contributed by atoms with Gasteiger partial charge in [0.25, 0.3) is 5.91 Å². The minimum Gasteiger partial charge on any atom is -0.493 e. The number of ether oxygens (including phenoxy) is 4. The number of nitrogens with zero attached hydrogens (tertiary/aromatic N) is 1. The summed E-state index contributed by atoms with van der Waals surface area (Å²) in [7, 11) is 1.59. The molecule has 0 saturated carbocycles. The second-order valence-electron chi connectivity index (χ2n) is 10.9. The molecule has 0 aliphatic carbocycles. The first-order valence-electron chi connectivity index (χ1n) is 14.5. The summed E-state index contributed by atoms with van der Waals surface area (Å²) in [5, 5.41) is 0.457. The van der Waals surface area contributed by atoms with Crippen LogP contribution < -0.4 is 24.4 Å². The number of fused-ring (bicyclic) bond motifs is 3. The van der Waals surface area contributed by atoms with E-state index in [1.807, 2.05) is 62.4 Å². The van der Waals surface area contributed by atoms with Gasteiger partial charge in [-0.3, -0.25) is 9.59 Å². The van der Waals surface area contributed by atoms with Crippen molar-refractivity contribution < 1.29 is 28.2 Å². The molecule has 8 heteroatoms. The molecule has 8 nitrogen and oxygen atoms in total. The van der Waals surface area contributed by atoms with Crippen LogP contribution in [0, 0.1) is 13.8 Å².